The monoisotopic (exact) mass is 223 g/mol. The molecule has 1 N–H and O–H groups in total. The summed E-state index contributed by atoms with van der Waals surface area (Å²) >= 11 is 0. The van der Waals surface area contributed by atoms with Crippen molar-refractivity contribution in [1.82, 2.24) is 0 Å². The summed E-state index contributed by atoms with van der Waals surface area (Å²) in [5.41, 5.74) is 0.821. The summed E-state index contributed by atoms with van der Waals surface area (Å²) in [6.45, 7) is 4.40. The zero-order chi connectivity index (χ0) is 12.0. The van der Waals surface area contributed by atoms with E-state index in [-0.39, 0.29) is 5.41 Å². The van der Waals surface area contributed by atoms with E-state index in [1.165, 1.54) is 25.7 Å². The van der Waals surface area contributed by atoms with E-state index in [4.69, 9.17) is 5.41 Å². The summed E-state index contributed by atoms with van der Waals surface area (Å²) in [7, 11) is 0. The Balaban J connectivity index is 2.67. The molecular weight excluding hydrogens is 198 g/mol. The molecule has 16 heavy (non-hydrogen) atoms. The van der Waals surface area contributed by atoms with Gasteiger partial charge in [0.05, 0.1) is 0 Å². The van der Waals surface area contributed by atoms with Crippen LogP contribution < -0.4 is 0 Å². The van der Waals surface area contributed by atoms with Gasteiger partial charge in [-0.25, -0.2) is 0 Å². The second-order valence-corrected chi connectivity index (χ2v) is 5.38. The molecule has 0 atom stereocenters. The Morgan fingerprint density at radius 2 is 1.69 bits per heavy atom. The van der Waals surface area contributed by atoms with Crippen molar-refractivity contribution in [3.63, 3.8) is 0 Å². The quantitative estimate of drug-likeness (QED) is 0.722. The second kappa shape index (κ2) is 6.17. The number of hydrogen-bond donors (Lipinski definition) is 1. The van der Waals surface area contributed by atoms with Gasteiger partial charge < -0.3 is 5.41 Å². The van der Waals surface area contributed by atoms with Crippen LogP contribution in [0.1, 0.15) is 71.6 Å². The second-order valence-electron chi connectivity index (χ2n) is 5.38. The van der Waals surface area contributed by atoms with Crippen molar-refractivity contribution in [2.75, 3.05) is 0 Å². The summed E-state index contributed by atoms with van der Waals surface area (Å²) < 4.78 is 0. The van der Waals surface area contributed by atoms with Gasteiger partial charge in [-0.15, -0.1) is 0 Å². The molecule has 92 valence electrons. The van der Waals surface area contributed by atoms with Crippen molar-refractivity contribution < 1.29 is 4.79 Å². The van der Waals surface area contributed by atoms with Gasteiger partial charge in [-0.05, 0) is 24.7 Å². The van der Waals surface area contributed by atoms with E-state index in [1.54, 1.807) is 0 Å². The summed E-state index contributed by atoms with van der Waals surface area (Å²) in [6.07, 6.45) is 9.07. The molecule has 2 heteroatoms. The van der Waals surface area contributed by atoms with Gasteiger partial charge in [0.25, 0.3) is 0 Å². The van der Waals surface area contributed by atoms with Gasteiger partial charge in [-0.1, -0.05) is 39.5 Å². The van der Waals surface area contributed by atoms with Crippen LogP contribution in [0.3, 0.4) is 0 Å². The minimum Gasteiger partial charge on any atom is -0.309 e. The fourth-order valence-electron chi connectivity index (χ4n) is 2.88. The molecule has 1 saturated carbocycles. The molecule has 0 radical (unpaired) electrons. The molecule has 1 fully saturated rings. The molecule has 0 bridgehead atoms. The molecule has 0 saturated heterocycles. The maximum atomic E-state index is 11.7. The Labute approximate surface area is 99.3 Å². The fraction of sp³-hybridized carbons (Fsp3) is 0.857. The summed E-state index contributed by atoms with van der Waals surface area (Å²) in [4.78, 5) is 11.7. The fourth-order valence-corrected chi connectivity index (χ4v) is 2.88. The largest absolute Gasteiger partial charge is 0.309 e. The van der Waals surface area contributed by atoms with Crippen molar-refractivity contribution >= 4 is 11.5 Å². The lowest BCUT2D eigenvalue weighted by Crippen LogP contribution is -2.33. The number of ketones is 1. The maximum absolute atomic E-state index is 11.7. The van der Waals surface area contributed by atoms with E-state index in [9.17, 15) is 4.79 Å². The van der Waals surface area contributed by atoms with Crippen LogP contribution in [0.25, 0.3) is 0 Å². The minimum absolute atomic E-state index is 0.151. The molecule has 1 aliphatic carbocycles. The molecule has 0 aromatic heterocycles. The molecule has 0 aromatic rings. The summed E-state index contributed by atoms with van der Waals surface area (Å²) in [5, 5.41) is 7.82. The molecule has 0 unspecified atom stereocenters. The molecule has 0 aromatic carbocycles. The van der Waals surface area contributed by atoms with Gasteiger partial charge in [-0.3, -0.25) is 4.79 Å². The number of carbonyl (C=O) groups is 1. The van der Waals surface area contributed by atoms with Crippen molar-refractivity contribution in [2.45, 2.75) is 71.6 Å². The standard InChI is InChI=1S/C14H25NO/c1-3-5-7-14(8-6-4-2)10-12(15)9-13(16)11-14/h15H,3-11H2,1-2H3. The van der Waals surface area contributed by atoms with Crippen LogP contribution in [0.2, 0.25) is 0 Å². The van der Waals surface area contributed by atoms with Crippen LogP contribution in [0.4, 0.5) is 0 Å². The lowest BCUT2D eigenvalue weighted by Gasteiger charge is -2.37. The van der Waals surface area contributed by atoms with Gasteiger partial charge >= 0.3 is 0 Å². The maximum Gasteiger partial charge on any atom is 0.139 e. The molecule has 2 nitrogen and oxygen atoms in total. The summed E-state index contributed by atoms with van der Waals surface area (Å²) in [5.74, 6) is 0.295. The highest BCUT2D eigenvalue weighted by atomic mass is 16.1. The molecule has 0 heterocycles. The first-order chi connectivity index (χ1) is 7.62. The van der Waals surface area contributed by atoms with Crippen LogP contribution in [0.15, 0.2) is 0 Å². The number of unbranched alkanes of at least 4 members (excludes halogenated alkanes) is 2. The first-order valence-electron chi connectivity index (χ1n) is 6.70. The highest BCUT2D eigenvalue weighted by Crippen LogP contribution is 2.42. The highest BCUT2D eigenvalue weighted by molar-refractivity contribution is 6.03. The van der Waals surface area contributed by atoms with Crippen LogP contribution in [0.5, 0.6) is 0 Å². The number of Topliss-reactive ketones (excluding diaryl/α,β-unsaturated/α-hetero) is 1. The van der Waals surface area contributed by atoms with E-state index >= 15 is 0 Å². The smallest absolute Gasteiger partial charge is 0.139 e. The molecule has 0 amide bonds. The zero-order valence-corrected chi connectivity index (χ0v) is 10.8. The Bertz CT molecular complexity index is 231. The number of carbonyl (C=O) groups excluding carboxylic acids is 1. The Hall–Kier alpha value is -0.660. The van der Waals surface area contributed by atoms with Crippen LogP contribution in [-0.2, 0) is 4.79 Å². The molecule has 0 spiro atoms. The van der Waals surface area contributed by atoms with Gasteiger partial charge in [0.1, 0.15) is 5.78 Å². The van der Waals surface area contributed by atoms with Crippen molar-refractivity contribution in [3.05, 3.63) is 0 Å². The zero-order valence-electron chi connectivity index (χ0n) is 10.8. The number of rotatable bonds is 6. The molecular formula is C14H25NO. The average Bonchev–Trinajstić information content (AvgIpc) is 2.22. The number of nitrogens with one attached hydrogen (secondary N) is 1. The normalized spacial score (nSPS) is 20.1. The molecule has 1 rings (SSSR count). The van der Waals surface area contributed by atoms with Crippen LogP contribution in [0, 0.1) is 10.8 Å². The van der Waals surface area contributed by atoms with E-state index < -0.39 is 0 Å². The minimum atomic E-state index is 0.151. The number of hydrogen-bond acceptors (Lipinski definition) is 2. The Kier molecular flexibility index (Phi) is 5.17. The van der Waals surface area contributed by atoms with Crippen molar-refractivity contribution in [2.24, 2.45) is 5.41 Å². The van der Waals surface area contributed by atoms with Gasteiger partial charge in [0.15, 0.2) is 0 Å². The highest BCUT2D eigenvalue weighted by Gasteiger charge is 2.36. The lowest BCUT2D eigenvalue weighted by molar-refractivity contribution is -0.121. The van der Waals surface area contributed by atoms with Gasteiger partial charge in [0.2, 0.25) is 0 Å². The third-order valence-corrected chi connectivity index (χ3v) is 3.69. The molecule has 0 aliphatic heterocycles. The van der Waals surface area contributed by atoms with Crippen LogP contribution in [-0.4, -0.2) is 11.5 Å². The first kappa shape index (κ1) is 13.4. The lowest BCUT2D eigenvalue weighted by atomic mass is 9.67. The average molecular weight is 223 g/mol. The predicted molar refractivity (Wildman–Crippen MR) is 68.1 cm³/mol. The van der Waals surface area contributed by atoms with Crippen molar-refractivity contribution in [1.29, 1.82) is 5.41 Å². The van der Waals surface area contributed by atoms with E-state index in [0.29, 0.717) is 17.9 Å². The topological polar surface area (TPSA) is 40.9 Å². The first-order valence-corrected chi connectivity index (χ1v) is 6.70. The third kappa shape index (κ3) is 3.73. The molecule has 1 aliphatic rings. The van der Waals surface area contributed by atoms with Crippen LogP contribution >= 0.6 is 0 Å². The van der Waals surface area contributed by atoms with Gasteiger partial charge in [-0.2, -0.15) is 0 Å². The van der Waals surface area contributed by atoms with Gasteiger partial charge in [0, 0.05) is 18.6 Å². The Morgan fingerprint density at radius 3 is 2.12 bits per heavy atom. The van der Waals surface area contributed by atoms with Crippen molar-refractivity contribution in [3.8, 4) is 0 Å². The SMILES string of the molecule is CCCCC1(CCCC)CC(=N)CC(=O)C1. The predicted octanol–water partition coefficient (Wildman–Crippen LogP) is 4.13. The van der Waals surface area contributed by atoms with E-state index in [1.807, 2.05) is 0 Å². The summed E-state index contributed by atoms with van der Waals surface area (Å²) in [6, 6.07) is 0. The third-order valence-electron chi connectivity index (χ3n) is 3.69. The van der Waals surface area contributed by atoms with E-state index in [0.717, 1.165) is 25.7 Å². The Morgan fingerprint density at radius 1 is 1.12 bits per heavy atom. The van der Waals surface area contributed by atoms with E-state index in [2.05, 4.69) is 13.8 Å².